The van der Waals surface area contributed by atoms with Crippen LogP contribution in [-0.4, -0.2) is 0 Å². The van der Waals surface area contributed by atoms with Crippen LogP contribution in [0.5, 0.6) is 0 Å². The first-order valence-corrected chi connectivity index (χ1v) is 8.00. The first-order valence-electron chi connectivity index (χ1n) is 7.62. The highest BCUT2D eigenvalue weighted by atomic mass is 35.5. The second-order valence-electron chi connectivity index (χ2n) is 6.22. The maximum Gasteiger partial charge on any atom is 0.123 e. The van der Waals surface area contributed by atoms with Crippen LogP contribution in [0.15, 0.2) is 48.6 Å². The van der Waals surface area contributed by atoms with Gasteiger partial charge < -0.3 is 5.32 Å². The van der Waals surface area contributed by atoms with Crippen molar-refractivity contribution in [3.05, 3.63) is 76.1 Å². The Morgan fingerprint density at radius 1 is 1.23 bits per heavy atom. The van der Waals surface area contributed by atoms with Gasteiger partial charge in [0.2, 0.25) is 0 Å². The van der Waals surface area contributed by atoms with Crippen molar-refractivity contribution in [1.82, 2.24) is 0 Å². The minimum atomic E-state index is -0.180. The predicted octanol–water partition coefficient (Wildman–Crippen LogP) is 5.61. The smallest absolute Gasteiger partial charge is 0.123 e. The van der Waals surface area contributed by atoms with E-state index < -0.39 is 0 Å². The number of anilines is 1. The van der Waals surface area contributed by atoms with Gasteiger partial charge in [-0.25, -0.2) is 4.39 Å². The third-order valence-corrected chi connectivity index (χ3v) is 5.06. The topological polar surface area (TPSA) is 12.0 Å². The van der Waals surface area contributed by atoms with Gasteiger partial charge in [0, 0.05) is 16.6 Å². The zero-order valence-corrected chi connectivity index (χ0v) is 13.1. The molecule has 3 atom stereocenters. The Balaban J connectivity index is 1.84. The SMILES string of the molecule is Cc1cc(Cl)cc2c1N[C@H](c1cccc(F)c1)[C@H]1CC=C[C@H]21. The second-order valence-corrected chi connectivity index (χ2v) is 6.65. The molecule has 112 valence electrons. The monoisotopic (exact) mass is 313 g/mol. The fraction of sp³-hybridized carbons (Fsp3) is 0.263. The van der Waals surface area contributed by atoms with Gasteiger partial charge in [-0.2, -0.15) is 0 Å². The van der Waals surface area contributed by atoms with E-state index in [1.165, 1.54) is 11.6 Å². The molecule has 1 heterocycles. The molecule has 2 aromatic carbocycles. The molecule has 3 heteroatoms. The Hall–Kier alpha value is -1.80. The van der Waals surface area contributed by atoms with Crippen molar-refractivity contribution in [2.45, 2.75) is 25.3 Å². The quantitative estimate of drug-likeness (QED) is 0.674. The van der Waals surface area contributed by atoms with Crippen LogP contribution in [0.1, 0.15) is 35.1 Å². The molecule has 1 nitrogen and oxygen atoms in total. The number of allylic oxidation sites excluding steroid dienone is 2. The van der Waals surface area contributed by atoms with Gasteiger partial charge in [0.15, 0.2) is 0 Å². The highest BCUT2D eigenvalue weighted by Gasteiger charge is 2.38. The standard InChI is InChI=1S/C19H17ClFN/c1-11-8-13(20)10-17-15-6-3-7-16(15)19(22-18(11)17)12-4-2-5-14(21)9-12/h2-6,8-10,15-16,19,22H,7H2,1H3/t15-,16-,19+/m0/s1. The first kappa shape index (κ1) is 13.8. The van der Waals surface area contributed by atoms with Crippen LogP contribution < -0.4 is 5.32 Å². The van der Waals surface area contributed by atoms with E-state index in [0.717, 1.165) is 28.3 Å². The molecule has 1 aliphatic carbocycles. The molecule has 2 aliphatic rings. The molecule has 0 saturated carbocycles. The molecule has 4 rings (SSSR count). The van der Waals surface area contributed by atoms with E-state index in [4.69, 9.17) is 11.6 Å². The summed E-state index contributed by atoms with van der Waals surface area (Å²) >= 11 is 6.25. The van der Waals surface area contributed by atoms with Gasteiger partial charge >= 0.3 is 0 Å². The van der Waals surface area contributed by atoms with Crippen molar-refractivity contribution < 1.29 is 4.39 Å². The van der Waals surface area contributed by atoms with E-state index in [9.17, 15) is 4.39 Å². The number of benzene rings is 2. The molecular formula is C19H17ClFN. The van der Waals surface area contributed by atoms with Gasteiger partial charge in [0.05, 0.1) is 6.04 Å². The van der Waals surface area contributed by atoms with E-state index in [2.05, 4.69) is 30.5 Å². The third kappa shape index (κ3) is 2.14. The molecular weight excluding hydrogens is 297 g/mol. The number of halogens is 2. The Morgan fingerprint density at radius 3 is 2.91 bits per heavy atom. The Bertz CT molecular complexity index is 768. The fourth-order valence-corrected chi connectivity index (χ4v) is 4.15. The van der Waals surface area contributed by atoms with Crippen molar-refractivity contribution in [2.24, 2.45) is 5.92 Å². The van der Waals surface area contributed by atoms with E-state index in [1.807, 2.05) is 12.1 Å². The predicted molar refractivity (Wildman–Crippen MR) is 88.9 cm³/mol. The van der Waals surface area contributed by atoms with Crippen LogP contribution in [0.3, 0.4) is 0 Å². The summed E-state index contributed by atoms with van der Waals surface area (Å²) in [6.45, 7) is 2.07. The van der Waals surface area contributed by atoms with Crippen LogP contribution in [0.25, 0.3) is 0 Å². The summed E-state index contributed by atoms with van der Waals surface area (Å²) in [5.41, 5.74) is 4.56. The zero-order chi connectivity index (χ0) is 15.3. The average molecular weight is 314 g/mol. The van der Waals surface area contributed by atoms with Gasteiger partial charge in [-0.05, 0) is 60.2 Å². The van der Waals surface area contributed by atoms with Crippen molar-refractivity contribution in [2.75, 3.05) is 5.32 Å². The summed E-state index contributed by atoms with van der Waals surface area (Å²) in [5, 5.41) is 4.42. The number of fused-ring (bicyclic) bond motifs is 3. The van der Waals surface area contributed by atoms with Gasteiger partial charge in [-0.1, -0.05) is 35.9 Å². The van der Waals surface area contributed by atoms with Crippen LogP contribution in [0.2, 0.25) is 5.02 Å². The summed E-state index contributed by atoms with van der Waals surface area (Å²) in [4.78, 5) is 0. The van der Waals surface area contributed by atoms with Crippen molar-refractivity contribution in [1.29, 1.82) is 0 Å². The molecule has 1 N–H and O–H groups in total. The zero-order valence-electron chi connectivity index (χ0n) is 12.3. The van der Waals surface area contributed by atoms with E-state index in [0.29, 0.717) is 11.8 Å². The maximum atomic E-state index is 13.6. The van der Waals surface area contributed by atoms with Gasteiger partial charge in [0.1, 0.15) is 5.82 Å². The molecule has 22 heavy (non-hydrogen) atoms. The number of rotatable bonds is 1. The van der Waals surface area contributed by atoms with Crippen LogP contribution >= 0.6 is 11.6 Å². The van der Waals surface area contributed by atoms with Gasteiger partial charge in [-0.15, -0.1) is 0 Å². The lowest BCUT2D eigenvalue weighted by atomic mass is 9.76. The normalized spacial score (nSPS) is 25.5. The minimum Gasteiger partial charge on any atom is -0.377 e. The van der Waals surface area contributed by atoms with Crippen molar-refractivity contribution in [3.8, 4) is 0 Å². The minimum absolute atomic E-state index is 0.128. The summed E-state index contributed by atoms with van der Waals surface area (Å²) in [7, 11) is 0. The largest absolute Gasteiger partial charge is 0.377 e. The number of hydrogen-bond acceptors (Lipinski definition) is 1. The molecule has 2 aromatic rings. The summed E-state index contributed by atoms with van der Waals surface area (Å²) < 4.78 is 13.6. The number of hydrogen-bond donors (Lipinski definition) is 1. The van der Waals surface area contributed by atoms with Gasteiger partial charge in [-0.3, -0.25) is 0 Å². The van der Waals surface area contributed by atoms with Crippen molar-refractivity contribution in [3.63, 3.8) is 0 Å². The van der Waals surface area contributed by atoms with Crippen molar-refractivity contribution >= 4 is 17.3 Å². The maximum absolute atomic E-state index is 13.6. The Kier molecular flexibility index (Phi) is 3.23. The highest BCUT2D eigenvalue weighted by molar-refractivity contribution is 6.30. The molecule has 0 bridgehead atoms. The first-order chi connectivity index (χ1) is 10.6. The number of aryl methyl sites for hydroxylation is 1. The Labute approximate surface area is 134 Å². The van der Waals surface area contributed by atoms with Crippen LogP contribution in [0, 0.1) is 18.7 Å². The van der Waals surface area contributed by atoms with E-state index in [1.54, 1.807) is 12.1 Å². The summed E-state index contributed by atoms with van der Waals surface area (Å²) in [5.74, 6) is 0.578. The molecule has 0 spiro atoms. The lowest BCUT2D eigenvalue weighted by Crippen LogP contribution is -2.29. The molecule has 0 radical (unpaired) electrons. The van der Waals surface area contributed by atoms with Crippen LogP contribution in [-0.2, 0) is 0 Å². The molecule has 0 fully saturated rings. The molecule has 0 amide bonds. The second kappa shape index (κ2) is 5.13. The highest BCUT2D eigenvalue weighted by Crippen LogP contribution is 2.51. The third-order valence-electron chi connectivity index (χ3n) is 4.84. The average Bonchev–Trinajstić information content (AvgIpc) is 2.96. The summed E-state index contributed by atoms with van der Waals surface area (Å²) in [6, 6.07) is 11.1. The lowest BCUT2D eigenvalue weighted by molar-refractivity contribution is 0.424. The Morgan fingerprint density at radius 2 is 2.09 bits per heavy atom. The fourth-order valence-electron chi connectivity index (χ4n) is 3.87. The molecule has 0 unspecified atom stereocenters. The van der Waals surface area contributed by atoms with E-state index >= 15 is 0 Å². The van der Waals surface area contributed by atoms with Crippen LogP contribution in [0.4, 0.5) is 10.1 Å². The number of nitrogens with one attached hydrogen (secondary N) is 1. The van der Waals surface area contributed by atoms with Gasteiger partial charge in [0.25, 0.3) is 0 Å². The molecule has 1 aliphatic heterocycles. The summed E-state index contributed by atoms with van der Waals surface area (Å²) in [6.07, 6.45) is 5.50. The molecule has 0 aromatic heterocycles. The molecule has 0 saturated heterocycles. The lowest BCUT2D eigenvalue weighted by Gasteiger charge is -2.38. The van der Waals surface area contributed by atoms with E-state index in [-0.39, 0.29) is 11.9 Å².